The van der Waals surface area contributed by atoms with Crippen molar-refractivity contribution in [3.05, 3.63) is 33.2 Å². The van der Waals surface area contributed by atoms with Crippen molar-refractivity contribution >= 4 is 34.6 Å². The van der Waals surface area contributed by atoms with Crippen LogP contribution in [0.2, 0.25) is 0 Å². The number of amides is 1. The fraction of sp³-hybridized carbons (Fsp3) is 0.560. The first-order valence-electron chi connectivity index (χ1n) is 11.7. The van der Waals surface area contributed by atoms with Crippen molar-refractivity contribution in [1.82, 2.24) is 5.32 Å². The van der Waals surface area contributed by atoms with Crippen molar-refractivity contribution in [2.45, 2.75) is 70.4 Å². The van der Waals surface area contributed by atoms with E-state index in [0.717, 1.165) is 42.2 Å². The summed E-state index contributed by atoms with van der Waals surface area (Å²) < 4.78 is 17.9. The van der Waals surface area contributed by atoms with Gasteiger partial charge in [0.25, 0.3) is 5.91 Å². The van der Waals surface area contributed by atoms with Crippen LogP contribution in [0.25, 0.3) is 11.0 Å². The molecule has 0 saturated carbocycles. The van der Waals surface area contributed by atoms with E-state index in [9.17, 15) is 19.5 Å². The second kappa shape index (κ2) is 9.90. The summed E-state index contributed by atoms with van der Waals surface area (Å²) in [6.07, 6.45) is 6.98. The van der Waals surface area contributed by atoms with E-state index in [1.807, 2.05) is 20.1 Å². The summed E-state index contributed by atoms with van der Waals surface area (Å²) >= 11 is 1.52. The monoisotopic (exact) mass is 489 g/mol. The summed E-state index contributed by atoms with van der Waals surface area (Å²) in [5, 5.41) is 12.7. The topological polar surface area (TPSA) is 115 Å². The van der Waals surface area contributed by atoms with Crippen LogP contribution in [0, 0.1) is 0 Å². The molecule has 9 heteroatoms. The standard InChI is InChI=1S/C25H31NO7S/c1-25(2)10-8-16-18(33-25)12-19(31-13-20(27)26-17(23(28)29)9-11-34-3)21-14-6-4-5-7-15(14)24(30)32-22(16)21/h12,17H,4-11,13H2,1-3H3,(H,26,27)(H,28,29)/t17-/m0/s1. The lowest BCUT2D eigenvalue weighted by molar-refractivity contribution is -0.142. The molecule has 4 rings (SSSR count). The second-order valence-electron chi connectivity index (χ2n) is 9.50. The molecule has 8 nitrogen and oxygen atoms in total. The quantitative estimate of drug-likeness (QED) is 0.542. The van der Waals surface area contributed by atoms with E-state index in [1.54, 1.807) is 6.07 Å². The van der Waals surface area contributed by atoms with Crippen molar-refractivity contribution in [1.29, 1.82) is 0 Å². The highest BCUT2D eigenvalue weighted by Gasteiger charge is 2.32. The van der Waals surface area contributed by atoms with E-state index in [2.05, 4.69) is 5.32 Å². The number of fused-ring (bicyclic) bond motifs is 5. The lowest BCUT2D eigenvalue weighted by atomic mass is 9.87. The van der Waals surface area contributed by atoms with Gasteiger partial charge in [0.2, 0.25) is 0 Å². The van der Waals surface area contributed by atoms with Gasteiger partial charge < -0.3 is 24.3 Å². The third kappa shape index (κ3) is 5.04. The molecule has 0 radical (unpaired) electrons. The smallest absolute Gasteiger partial charge is 0.339 e. The maximum atomic E-state index is 12.8. The molecule has 1 atom stereocenters. The number of carboxylic acids is 1. The number of ether oxygens (including phenoxy) is 2. The Morgan fingerprint density at radius 2 is 1.94 bits per heavy atom. The van der Waals surface area contributed by atoms with Crippen LogP contribution in [0.1, 0.15) is 56.2 Å². The zero-order valence-corrected chi connectivity index (χ0v) is 20.6. The Kier molecular flexibility index (Phi) is 7.12. The van der Waals surface area contributed by atoms with Gasteiger partial charge in [0.15, 0.2) is 6.61 Å². The minimum atomic E-state index is -1.08. The first-order valence-corrected chi connectivity index (χ1v) is 13.1. The SMILES string of the molecule is CSCC[C@H](NC(=O)COc1cc2c(c3oc(=O)c4c(c13)CCCC4)CCC(C)(C)O2)C(=O)O. The predicted octanol–water partition coefficient (Wildman–Crippen LogP) is 3.48. The van der Waals surface area contributed by atoms with Crippen LogP contribution in [-0.4, -0.2) is 47.2 Å². The zero-order chi connectivity index (χ0) is 24.5. The molecule has 1 aliphatic carbocycles. The van der Waals surface area contributed by atoms with E-state index < -0.39 is 17.9 Å². The summed E-state index contributed by atoms with van der Waals surface area (Å²) in [6.45, 7) is 3.64. The molecule has 1 aromatic heterocycles. The van der Waals surface area contributed by atoms with Crippen LogP contribution in [0.3, 0.4) is 0 Å². The fourth-order valence-corrected chi connectivity index (χ4v) is 5.17. The average Bonchev–Trinajstić information content (AvgIpc) is 2.79. The van der Waals surface area contributed by atoms with Crippen LogP contribution < -0.4 is 20.4 Å². The number of hydrogen-bond acceptors (Lipinski definition) is 7. The minimum absolute atomic E-state index is 0.317. The van der Waals surface area contributed by atoms with Gasteiger partial charge in [-0.1, -0.05) is 0 Å². The van der Waals surface area contributed by atoms with E-state index in [1.165, 1.54) is 11.8 Å². The molecule has 0 spiro atoms. The number of rotatable bonds is 8. The Bertz CT molecular complexity index is 1170. The number of carbonyl (C=O) groups excluding carboxylic acids is 1. The maximum absolute atomic E-state index is 12.8. The van der Waals surface area contributed by atoms with Crippen LogP contribution >= 0.6 is 11.8 Å². The highest BCUT2D eigenvalue weighted by atomic mass is 32.2. The molecule has 2 aromatic rings. The van der Waals surface area contributed by atoms with Crippen molar-refractivity contribution < 1.29 is 28.6 Å². The van der Waals surface area contributed by atoms with Crippen molar-refractivity contribution in [3.63, 3.8) is 0 Å². The molecule has 2 N–H and O–H groups in total. The van der Waals surface area contributed by atoms with Crippen molar-refractivity contribution in [2.24, 2.45) is 0 Å². The molecule has 184 valence electrons. The largest absolute Gasteiger partial charge is 0.487 e. The first-order chi connectivity index (χ1) is 16.2. The summed E-state index contributed by atoms with van der Waals surface area (Å²) in [6, 6.07) is 0.808. The number of carbonyl (C=O) groups is 2. The van der Waals surface area contributed by atoms with Gasteiger partial charge in [-0.15, -0.1) is 0 Å². The summed E-state index contributed by atoms with van der Waals surface area (Å²) in [4.78, 5) is 36.8. The minimum Gasteiger partial charge on any atom is -0.487 e. The number of thioether (sulfide) groups is 1. The third-order valence-electron chi connectivity index (χ3n) is 6.48. The molecule has 0 unspecified atom stereocenters. The number of nitrogens with one attached hydrogen (secondary N) is 1. The molecular formula is C25H31NO7S. The van der Waals surface area contributed by atoms with Crippen molar-refractivity contribution in [2.75, 3.05) is 18.6 Å². The molecule has 2 aliphatic rings. The molecule has 1 aliphatic heterocycles. The molecule has 0 fully saturated rings. The molecule has 1 aromatic carbocycles. The molecule has 34 heavy (non-hydrogen) atoms. The van der Waals surface area contributed by atoms with E-state index in [-0.39, 0.29) is 17.8 Å². The average molecular weight is 490 g/mol. The maximum Gasteiger partial charge on any atom is 0.339 e. The Hall–Kier alpha value is -2.68. The zero-order valence-electron chi connectivity index (χ0n) is 19.8. The summed E-state index contributed by atoms with van der Waals surface area (Å²) in [5.74, 6) is 0.0206. The lowest BCUT2D eigenvalue weighted by Crippen LogP contribution is -2.43. The van der Waals surface area contributed by atoms with Gasteiger partial charge in [0, 0.05) is 17.2 Å². The van der Waals surface area contributed by atoms with Crippen LogP contribution in [0.15, 0.2) is 15.3 Å². The highest BCUT2D eigenvalue weighted by molar-refractivity contribution is 7.98. The molecule has 0 saturated heterocycles. The van der Waals surface area contributed by atoms with E-state index in [4.69, 9.17) is 13.9 Å². The number of aliphatic carboxylic acids is 1. The molecule has 1 amide bonds. The molecule has 0 bridgehead atoms. The normalized spacial score (nSPS) is 17.3. The Balaban J connectivity index is 1.69. The lowest BCUT2D eigenvalue weighted by Gasteiger charge is -2.33. The first kappa shape index (κ1) is 24.4. The van der Waals surface area contributed by atoms with Crippen LogP contribution in [-0.2, 0) is 28.9 Å². The van der Waals surface area contributed by atoms with Gasteiger partial charge in [-0.3, -0.25) is 4.79 Å². The number of benzene rings is 1. The van der Waals surface area contributed by atoms with Gasteiger partial charge in [-0.25, -0.2) is 9.59 Å². The van der Waals surface area contributed by atoms with Gasteiger partial charge >= 0.3 is 11.6 Å². The van der Waals surface area contributed by atoms with E-state index >= 15 is 0 Å². The van der Waals surface area contributed by atoms with Gasteiger partial charge in [0.1, 0.15) is 28.7 Å². The number of aryl methyl sites for hydroxylation is 2. The van der Waals surface area contributed by atoms with Gasteiger partial charge in [-0.05, 0) is 76.4 Å². The Morgan fingerprint density at radius 1 is 1.21 bits per heavy atom. The van der Waals surface area contributed by atoms with Crippen LogP contribution in [0.5, 0.6) is 11.5 Å². The Morgan fingerprint density at radius 3 is 2.65 bits per heavy atom. The second-order valence-corrected chi connectivity index (χ2v) is 10.5. The fourth-order valence-electron chi connectivity index (χ4n) is 4.70. The molecule has 2 heterocycles. The summed E-state index contributed by atoms with van der Waals surface area (Å²) in [7, 11) is 0. The van der Waals surface area contributed by atoms with Gasteiger partial charge in [0.05, 0.1) is 5.39 Å². The Labute approximate surface area is 202 Å². The van der Waals surface area contributed by atoms with Gasteiger partial charge in [-0.2, -0.15) is 11.8 Å². The van der Waals surface area contributed by atoms with E-state index in [0.29, 0.717) is 47.7 Å². The number of carboxylic acid groups (broad SMARTS) is 1. The number of hydrogen-bond donors (Lipinski definition) is 2. The summed E-state index contributed by atoms with van der Waals surface area (Å²) in [5.41, 5.74) is 2.21. The molecular weight excluding hydrogens is 458 g/mol. The predicted molar refractivity (Wildman–Crippen MR) is 130 cm³/mol. The highest BCUT2D eigenvalue weighted by Crippen LogP contribution is 2.44. The van der Waals surface area contributed by atoms with Crippen molar-refractivity contribution in [3.8, 4) is 11.5 Å². The third-order valence-corrected chi connectivity index (χ3v) is 7.13. The van der Waals surface area contributed by atoms with Crippen LogP contribution in [0.4, 0.5) is 0 Å².